The van der Waals surface area contributed by atoms with Gasteiger partial charge in [-0.1, -0.05) is 23.4 Å². The van der Waals surface area contributed by atoms with Crippen LogP contribution in [0.25, 0.3) is 10.9 Å². The Kier molecular flexibility index (Phi) is 6.84. The van der Waals surface area contributed by atoms with Crippen molar-refractivity contribution < 1.29 is 29.4 Å². The van der Waals surface area contributed by atoms with Gasteiger partial charge in [0.1, 0.15) is 6.04 Å². The van der Waals surface area contributed by atoms with Crippen LogP contribution in [-0.2, 0) is 11.2 Å². The molecule has 12 heteroatoms. The van der Waals surface area contributed by atoms with Crippen molar-refractivity contribution in [1.82, 2.24) is 25.8 Å². The van der Waals surface area contributed by atoms with Gasteiger partial charge in [-0.3, -0.25) is 0 Å². The van der Waals surface area contributed by atoms with E-state index in [2.05, 4.69) is 25.8 Å². The molecule has 1 aromatic carbocycles. The number of hydrogen-bond donors (Lipinski definition) is 7. The number of benzene rings is 1. The van der Waals surface area contributed by atoms with E-state index in [0.717, 1.165) is 16.5 Å². The van der Waals surface area contributed by atoms with E-state index in [-0.39, 0.29) is 18.1 Å². The molecule has 4 atom stereocenters. The number of nitrogens with zero attached hydrogens (tertiary/aromatic N) is 2. The Morgan fingerprint density at radius 3 is 2.71 bits per heavy atom. The lowest BCUT2D eigenvalue weighted by molar-refractivity contribution is -0.141. The van der Waals surface area contributed by atoms with Gasteiger partial charge in [0.15, 0.2) is 11.9 Å². The minimum Gasteiger partial charge on any atom is -0.480 e. The second-order valence-corrected chi connectivity index (χ2v) is 7.07. The molecule has 8 N–H and O–H groups in total. The Morgan fingerprint density at radius 1 is 1.29 bits per heavy atom. The Bertz CT molecular complexity index is 1050. The van der Waals surface area contributed by atoms with Gasteiger partial charge in [-0.25, -0.2) is 9.59 Å². The molecule has 0 fully saturated rings. The topological polar surface area (TPSA) is 200 Å². The molecular formula is C19H24N6O6. The number of aliphatic hydroxyl groups is 2. The average Bonchev–Trinajstić information content (AvgIpc) is 3.38. The second kappa shape index (κ2) is 9.55. The first-order valence-corrected chi connectivity index (χ1v) is 9.53. The van der Waals surface area contributed by atoms with Gasteiger partial charge in [-0.2, -0.15) is 4.98 Å². The maximum Gasteiger partial charge on any atom is 0.328 e. The lowest BCUT2D eigenvalue weighted by Crippen LogP contribution is -2.51. The maximum absolute atomic E-state index is 12.5. The van der Waals surface area contributed by atoms with E-state index in [1.807, 2.05) is 24.3 Å². The van der Waals surface area contributed by atoms with Crippen LogP contribution in [0.15, 0.2) is 35.0 Å². The highest BCUT2D eigenvalue weighted by atomic mass is 16.5. The van der Waals surface area contributed by atoms with E-state index in [0.29, 0.717) is 0 Å². The molecule has 2 unspecified atom stereocenters. The van der Waals surface area contributed by atoms with Crippen LogP contribution >= 0.6 is 0 Å². The Labute approximate surface area is 176 Å². The van der Waals surface area contributed by atoms with Gasteiger partial charge in [0.05, 0.1) is 18.8 Å². The Balaban J connectivity index is 1.86. The molecule has 0 aliphatic carbocycles. The highest BCUT2D eigenvalue weighted by molar-refractivity contribution is 5.84. The Morgan fingerprint density at radius 2 is 2.03 bits per heavy atom. The first-order valence-electron chi connectivity index (χ1n) is 9.53. The number of aromatic amines is 1. The van der Waals surface area contributed by atoms with Gasteiger partial charge in [-0.05, 0) is 18.6 Å². The molecule has 3 rings (SSSR count). The molecule has 31 heavy (non-hydrogen) atoms. The van der Waals surface area contributed by atoms with Gasteiger partial charge in [0.25, 0.3) is 0 Å². The summed E-state index contributed by atoms with van der Waals surface area (Å²) in [5.41, 5.74) is 7.46. The Hall–Kier alpha value is -3.48. The van der Waals surface area contributed by atoms with E-state index < -0.39 is 42.8 Å². The number of urea groups is 1. The molecule has 0 saturated carbocycles. The highest BCUT2D eigenvalue weighted by Crippen LogP contribution is 2.24. The van der Waals surface area contributed by atoms with Crippen molar-refractivity contribution in [3.05, 3.63) is 47.7 Å². The van der Waals surface area contributed by atoms with E-state index in [1.54, 1.807) is 6.20 Å². The summed E-state index contributed by atoms with van der Waals surface area (Å²) in [5, 5.41) is 37.5. The summed E-state index contributed by atoms with van der Waals surface area (Å²) < 4.78 is 5.24. The number of carboxylic acids is 1. The smallest absolute Gasteiger partial charge is 0.328 e. The molecule has 2 amide bonds. The molecule has 12 nitrogen and oxygen atoms in total. The normalized spacial score (nSPS) is 15.2. The number of carbonyl (C=O) groups is 2. The number of fused-ring (bicyclic) bond motifs is 1. The number of rotatable bonds is 9. The predicted octanol–water partition coefficient (Wildman–Crippen LogP) is -0.0400. The molecule has 2 aromatic heterocycles. The van der Waals surface area contributed by atoms with Gasteiger partial charge in [-0.15, -0.1) is 0 Å². The molecule has 166 valence electrons. The largest absolute Gasteiger partial charge is 0.480 e. The van der Waals surface area contributed by atoms with Crippen molar-refractivity contribution in [3.8, 4) is 0 Å². The van der Waals surface area contributed by atoms with Crippen LogP contribution in [0, 0.1) is 0 Å². The fourth-order valence-corrected chi connectivity index (χ4v) is 3.07. The number of aliphatic hydroxyl groups excluding tert-OH is 2. The van der Waals surface area contributed by atoms with Gasteiger partial charge in [0.2, 0.25) is 5.89 Å². The number of carbonyl (C=O) groups excluding carboxylic acids is 1. The van der Waals surface area contributed by atoms with Gasteiger partial charge in [0, 0.05) is 23.5 Å². The lowest BCUT2D eigenvalue weighted by Gasteiger charge is -2.20. The number of nitrogens with two attached hydrogens (primary N) is 1. The molecule has 0 radical (unpaired) electrons. The number of aromatic nitrogens is 3. The van der Waals surface area contributed by atoms with Crippen LogP contribution < -0.4 is 16.4 Å². The predicted molar refractivity (Wildman–Crippen MR) is 108 cm³/mol. The second-order valence-electron chi connectivity index (χ2n) is 7.07. The van der Waals surface area contributed by atoms with E-state index in [9.17, 15) is 24.9 Å². The zero-order valence-electron chi connectivity index (χ0n) is 16.6. The molecule has 0 spiro atoms. The highest BCUT2D eigenvalue weighted by Gasteiger charge is 2.29. The molecule has 0 bridgehead atoms. The maximum atomic E-state index is 12.5. The monoisotopic (exact) mass is 432 g/mol. The van der Waals surface area contributed by atoms with Crippen LogP contribution in [0.4, 0.5) is 4.79 Å². The first-order chi connectivity index (χ1) is 14.8. The SMILES string of the molecule is CC(O)C(NC(=O)N[C@@H](Cc1c[nH]c2ccccc12)c1nc([C@@H](N)CO)no1)C(=O)O. The van der Waals surface area contributed by atoms with Crippen molar-refractivity contribution in [2.24, 2.45) is 5.73 Å². The van der Waals surface area contributed by atoms with Crippen LogP contribution in [0.2, 0.25) is 0 Å². The summed E-state index contributed by atoms with van der Waals surface area (Å²) >= 11 is 0. The number of nitrogens with one attached hydrogen (secondary N) is 3. The number of H-pyrrole nitrogens is 1. The van der Waals surface area contributed by atoms with Crippen molar-refractivity contribution in [1.29, 1.82) is 0 Å². The molecule has 0 aliphatic heterocycles. The van der Waals surface area contributed by atoms with E-state index >= 15 is 0 Å². The standard InChI is InChI=1S/C19H24N6O6/c1-9(27)15(18(28)29)23-19(30)22-14(17-24-16(25-31-17)12(20)8-26)6-10-7-21-13-5-3-2-4-11(10)13/h2-5,7,9,12,14-15,21,26-27H,6,8,20H2,1H3,(H,28,29)(H2,22,23,30)/t9?,12-,14-,15?/m0/s1. The number of amides is 2. The summed E-state index contributed by atoms with van der Waals surface area (Å²) in [6.45, 7) is 0.859. The first kappa shape index (κ1) is 22.2. The van der Waals surface area contributed by atoms with E-state index in [1.165, 1.54) is 6.92 Å². The van der Waals surface area contributed by atoms with Crippen molar-refractivity contribution in [2.45, 2.75) is 37.6 Å². The minimum atomic E-state index is -1.50. The summed E-state index contributed by atoms with van der Waals surface area (Å²) in [7, 11) is 0. The zero-order chi connectivity index (χ0) is 22.5. The fourth-order valence-electron chi connectivity index (χ4n) is 3.07. The van der Waals surface area contributed by atoms with E-state index in [4.69, 9.17) is 10.3 Å². The van der Waals surface area contributed by atoms with Crippen LogP contribution in [0.3, 0.4) is 0 Å². The van der Waals surface area contributed by atoms with Gasteiger partial charge >= 0.3 is 12.0 Å². The van der Waals surface area contributed by atoms with Crippen molar-refractivity contribution in [3.63, 3.8) is 0 Å². The number of hydrogen-bond acceptors (Lipinski definition) is 8. The van der Waals surface area contributed by atoms with Crippen molar-refractivity contribution in [2.75, 3.05) is 6.61 Å². The molecule has 0 aliphatic rings. The third-order valence-electron chi connectivity index (χ3n) is 4.72. The summed E-state index contributed by atoms with van der Waals surface area (Å²) in [5.74, 6) is -1.29. The van der Waals surface area contributed by atoms with Crippen molar-refractivity contribution >= 4 is 22.9 Å². The zero-order valence-corrected chi connectivity index (χ0v) is 16.6. The third-order valence-corrected chi connectivity index (χ3v) is 4.72. The number of para-hydroxylation sites is 1. The van der Waals surface area contributed by atoms with Gasteiger partial charge < -0.3 is 41.2 Å². The summed E-state index contributed by atoms with van der Waals surface area (Å²) in [4.78, 5) is 31.0. The van der Waals surface area contributed by atoms with Crippen LogP contribution in [0.1, 0.15) is 36.3 Å². The molecular weight excluding hydrogens is 408 g/mol. The fraction of sp³-hybridized carbons (Fsp3) is 0.368. The van der Waals surface area contributed by atoms with Crippen LogP contribution in [-0.4, -0.2) is 61.2 Å². The summed E-state index contributed by atoms with van der Waals surface area (Å²) in [6.07, 6.45) is 0.705. The minimum absolute atomic E-state index is 0.0308. The average molecular weight is 432 g/mol. The molecule has 2 heterocycles. The van der Waals surface area contributed by atoms with Crippen LogP contribution in [0.5, 0.6) is 0 Å². The third kappa shape index (κ3) is 5.17. The number of carboxylic acid groups (broad SMARTS) is 1. The number of aliphatic carboxylic acids is 1. The summed E-state index contributed by atoms with van der Waals surface area (Å²) in [6, 6.07) is 3.53. The molecule has 0 saturated heterocycles. The quantitative estimate of drug-likeness (QED) is 0.242. The lowest BCUT2D eigenvalue weighted by atomic mass is 10.0. The molecule has 3 aromatic rings.